The Bertz CT molecular complexity index is 515. The molecule has 0 saturated heterocycles. The van der Waals surface area contributed by atoms with Crippen molar-refractivity contribution in [2.24, 2.45) is 5.92 Å². The third-order valence-corrected chi connectivity index (χ3v) is 2.57. The molecule has 0 saturated carbocycles. The normalized spacial score (nSPS) is 28.2. The van der Waals surface area contributed by atoms with E-state index in [1.54, 1.807) is 24.3 Å². The molecule has 1 heterocycles. The lowest BCUT2D eigenvalue weighted by Crippen LogP contribution is -2.09. The van der Waals surface area contributed by atoms with Crippen LogP contribution in [-0.2, 0) is 4.79 Å². The van der Waals surface area contributed by atoms with E-state index in [0.29, 0.717) is 5.57 Å². The molecule has 1 aliphatic rings. The molecule has 2 nitrogen and oxygen atoms in total. The van der Waals surface area contributed by atoms with Crippen molar-refractivity contribution in [3.05, 3.63) is 85.3 Å². The second-order valence-electron chi connectivity index (χ2n) is 4.32. The average Bonchev–Trinajstić information content (AvgIpc) is 2.37. The number of Topliss-reactive ketones (excluding diaryl/α,β-unsaturated/α-hetero) is 1. The highest BCUT2D eigenvalue weighted by molar-refractivity contribution is 5.99. The Hall–Kier alpha value is -2.35. The average molecular weight is 253 g/mol. The van der Waals surface area contributed by atoms with Gasteiger partial charge in [0, 0.05) is 22.9 Å². The first-order valence-corrected chi connectivity index (χ1v) is 6.08. The Labute approximate surface area is 114 Å². The van der Waals surface area contributed by atoms with Gasteiger partial charge in [-0.2, -0.15) is 0 Å². The molecule has 0 aliphatic carbocycles. The van der Waals surface area contributed by atoms with Gasteiger partial charge < -0.3 is 5.32 Å². The second-order valence-corrected chi connectivity index (χ2v) is 4.32. The van der Waals surface area contributed by atoms with E-state index < -0.39 is 0 Å². The summed E-state index contributed by atoms with van der Waals surface area (Å²) in [6, 6.07) is 0. The summed E-state index contributed by atoms with van der Waals surface area (Å²) in [6.45, 7) is 13.3. The summed E-state index contributed by atoms with van der Waals surface area (Å²) in [5, 5.41) is 3.05. The largest absolute Gasteiger partial charge is 0.356 e. The number of hydrogen-bond acceptors (Lipinski definition) is 2. The van der Waals surface area contributed by atoms with Crippen LogP contribution in [0.2, 0.25) is 0 Å². The first-order chi connectivity index (χ1) is 9.00. The zero-order valence-corrected chi connectivity index (χ0v) is 11.2. The zero-order chi connectivity index (χ0) is 14.3. The van der Waals surface area contributed by atoms with E-state index in [1.165, 1.54) is 0 Å². The van der Waals surface area contributed by atoms with E-state index in [9.17, 15) is 4.79 Å². The summed E-state index contributed by atoms with van der Waals surface area (Å²) in [6.07, 6.45) is 14.4. The zero-order valence-electron chi connectivity index (χ0n) is 11.2. The molecular formula is C17H19NO. The molecular weight excluding hydrogens is 234 g/mol. The lowest BCUT2D eigenvalue weighted by Gasteiger charge is -2.06. The van der Waals surface area contributed by atoms with Crippen molar-refractivity contribution in [2.45, 2.75) is 6.92 Å². The molecule has 0 fully saturated rings. The number of carbonyl (C=O) groups excluding carboxylic acids is 1. The van der Waals surface area contributed by atoms with Crippen LogP contribution in [0.4, 0.5) is 0 Å². The predicted octanol–water partition coefficient (Wildman–Crippen LogP) is 3.60. The van der Waals surface area contributed by atoms with Gasteiger partial charge in [-0.1, -0.05) is 63.1 Å². The molecule has 2 heteroatoms. The van der Waals surface area contributed by atoms with Crippen LogP contribution in [0.3, 0.4) is 0 Å². The lowest BCUT2D eigenvalue weighted by molar-refractivity contribution is -0.117. The maximum atomic E-state index is 11.9. The van der Waals surface area contributed by atoms with Crippen LogP contribution in [0.5, 0.6) is 0 Å². The molecule has 0 radical (unpaired) electrons. The highest BCUT2D eigenvalue weighted by atomic mass is 16.1. The monoisotopic (exact) mass is 253 g/mol. The fourth-order valence-corrected chi connectivity index (χ4v) is 1.50. The molecule has 1 N–H and O–H groups in total. The van der Waals surface area contributed by atoms with Gasteiger partial charge in [0.25, 0.3) is 0 Å². The lowest BCUT2D eigenvalue weighted by atomic mass is 9.99. The molecule has 1 aliphatic heterocycles. The molecule has 0 aromatic rings. The minimum absolute atomic E-state index is 0.0159. The van der Waals surface area contributed by atoms with Gasteiger partial charge in [-0.25, -0.2) is 0 Å². The molecule has 0 aromatic heterocycles. The Morgan fingerprint density at radius 2 is 1.47 bits per heavy atom. The summed E-state index contributed by atoms with van der Waals surface area (Å²) in [5.74, 6) is -0.174. The standard InChI is InChI=1S/C17H19NO/c1-13-9-5-7-11-15(3)18-16(4)12-8-6-10-14(2)17(13)19/h5-12,14,18H,1,3-4H2,2H3/b9-5-,10-6-,11-7-,12-8-. The molecule has 0 amide bonds. The van der Waals surface area contributed by atoms with Crippen molar-refractivity contribution >= 4 is 5.78 Å². The SMILES string of the molecule is C=C1/C=C\C=C/C(=C)C(=O)C(C)/C=C\C=C/C(=C)N1. The van der Waals surface area contributed by atoms with Crippen LogP contribution < -0.4 is 5.32 Å². The smallest absolute Gasteiger partial charge is 0.168 e. The van der Waals surface area contributed by atoms with Crippen molar-refractivity contribution in [3.63, 3.8) is 0 Å². The van der Waals surface area contributed by atoms with E-state index in [2.05, 4.69) is 25.1 Å². The number of carbonyl (C=O) groups is 1. The van der Waals surface area contributed by atoms with Gasteiger partial charge in [0.15, 0.2) is 5.78 Å². The molecule has 0 spiro atoms. The van der Waals surface area contributed by atoms with Crippen LogP contribution in [0.25, 0.3) is 0 Å². The van der Waals surface area contributed by atoms with Gasteiger partial charge in [0.05, 0.1) is 0 Å². The number of nitrogens with one attached hydrogen (secondary N) is 1. The summed E-state index contributed by atoms with van der Waals surface area (Å²) < 4.78 is 0. The first-order valence-electron chi connectivity index (χ1n) is 6.08. The minimum Gasteiger partial charge on any atom is -0.356 e. The van der Waals surface area contributed by atoms with Crippen molar-refractivity contribution < 1.29 is 4.79 Å². The summed E-state index contributed by atoms with van der Waals surface area (Å²) in [7, 11) is 0. The molecule has 1 unspecified atom stereocenters. The van der Waals surface area contributed by atoms with Crippen molar-refractivity contribution in [2.75, 3.05) is 0 Å². The van der Waals surface area contributed by atoms with Crippen LogP contribution in [0, 0.1) is 5.92 Å². The Balaban J connectivity index is 2.96. The van der Waals surface area contributed by atoms with E-state index in [-0.39, 0.29) is 11.7 Å². The van der Waals surface area contributed by atoms with E-state index in [0.717, 1.165) is 11.4 Å². The van der Waals surface area contributed by atoms with Gasteiger partial charge in [0.1, 0.15) is 0 Å². The molecule has 0 aromatic carbocycles. The minimum atomic E-state index is -0.190. The molecule has 1 rings (SSSR count). The number of hydrogen-bond donors (Lipinski definition) is 1. The van der Waals surface area contributed by atoms with Gasteiger partial charge >= 0.3 is 0 Å². The Kier molecular flexibility index (Phi) is 5.55. The third kappa shape index (κ3) is 5.21. The molecule has 98 valence electrons. The Morgan fingerprint density at radius 3 is 2.11 bits per heavy atom. The molecule has 1 atom stereocenters. The molecule has 0 bridgehead atoms. The summed E-state index contributed by atoms with van der Waals surface area (Å²) in [4.78, 5) is 11.9. The summed E-state index contributed by atoms with van der Waals surface area (Å²) in [5.41, 5.74) is 1.96. The highest BCUT2D eigenvalue weighted by Gasteiger charge is 2.10. The van der Waals surface area contributed by atoms with E-state index in [1.807, 2.05) is 31.2 Å². The highest BCUT2D eigenvalue weighted by Crippen LogP contribution is 2.09. The number of rotatable bonds is 0. The second kappa shape index (κ2) is 7.17. The predicted molar refractivity (Wildman–Crippen MR) is 81.3 cm³/mol. The fraction of sp³-hybridized carbons (Fsp3) is 0.118. The quantitative estimate of drug-likeness (QED) is 0.668. The summed E-state index contributed by atoms with van der Waals surface area (Å²) >= 11 is 0. The van der Waals surface area contributed by atoms with E-state index >= 15 is 0 Å². The van der Waals surface area contributed by atoms with Crippen LogP contribution in [0.1, 0.15) is 6.92 Å². The third-order valence-electron chi connectivity index (χ3n) is 2.57. The van der Waals surface area contributed by atoms with Gasteiger partial charge in [0.2, 0.25) is 0 Å². The topological polar surface area (TPSA) is 29.1 Å². The maximum absolute atomic E-state index is 11.9. The van der Waals surface area contributed by atoms with Gasteiger partial charge in [-0.15, -0.1) is 0 Å². The van der Waals surface area contributed by atoms with Crippen LogP contribution in [0.15, 0.2) is 85.3 Å². The van der Waals surface area contributed by atoms with Crippen molar-refractivity contribution in [1.82, 2.24) is 5.32 Å². The van der Waals surface area contributed by atoms with Gasteiger partial charge in [-0.3, -0.25) is 4.79 Å². The maximum Gasteiger partial charge on any atom is 0.168 e. The fourth-order valence-electron chi connectivity index (χ4n) is 1.50. The number of ketones is 1. The van der Waals surface area contributed by atoms with Crippen LogP contribution >= 0.6 is 0 Å². The van der Waals surface area contributed by atoms with Crippen LogP contribution in [-0.4, -0.2) is 5.78 Å². The Morgan fingerprint density at radius 1 is 0.947 bits per heavy atom. The number of allylic oxidation sites excluding steroid dienone is 9. The van der Waals surface area contributed by atoms with E-state index in [4.69, 9.17) is 0 Å². The van der Waals surface area contributed by atoms with Gasteiger partial charge in [-0.05, 0) is 12.2 Å². The van der Waals surface area contributed by atoms with Crippen molar-refractivity contribution in [1.29, 1.82) is 0 Å². The van der Waals surface area contributed by atoms with Crippen molar-refractivity contribution in [3.8, 4) is 0 Å². The molecule has 19 heavy (non-hydrogen) atoms. The first kappa shape index (κ1) is 14.7.